The first-order chi connectivity index (χ1) is 16.9. The molecule has 35 heavy (non-hydrogen) atoms. The van der Waals surface area contributed by atoms with Crippen LogP contribution in [0.25, 0.3) is 0 Å². The van der Waals surface area contributed by atoms with Crippen LogP contribution in [0.1, 0.15) is 61.7 Å². The molecule has 6 rings (SSSR count). The van der Waals surface area contributed by atoms with Gasteiger partial charge in [-0.05, 0) is 50.6 Å². The van der Waals surface area contributed by atoms with Gasteiger partial charge in [0.25, 0.3) is 5.91 Å². The number of benzene rings is 1. The van der Waals surface area contributed by atoms with Crippen molar-refractivity contribution < 1.29 is 23.4 Å². The Balaban J connectivity index is 1.12. The lowest BCUT2D eigenvalue weighted by molar-refractivity contribution is -0.0874. The van der Waals surface area contributed by atoms with Crippen molar-refractivity contribution in [3.63, 3.8) is 0 Å². The van der Waals surface area contributed by atoms with Gasteiger partial charge in [-0.2, -0.15) is 0 Å². The predicted octanol–water partition coefficient (Wildman–Crippen LogP) is 4.12. The van der Waals surface area contributed by atoms with E-state index in [1.165, 1.54) is 12.1 Å². The molecule has 2 bridgehead atoms. The van der Waals surface area contributed by atoms with E-state index in [4.69, 9.17) is 14.2 Å². The fraction of sp³-hybridized carbons (Fsp3) is 0.556. The van der Waals surface area contributed by atoms with E-state index in [0.29, 0.717) is 55.9 Å². The largest absolute Gasteiger partial charge is 0.487 e. The van der Waals surface area contributed by atoms with Gasteiger partial charge < -0.3 is 24.0 Å². The molecule has 0 N–H and O–H groups in total. The first-order valence-corrected chi connectivity index (χ1v) is 12.7. The van der Waals surface area contributed by atoms with Crippen molar-refractivity contribution in [3.8, 4) is 5.75 Å². The number of halogens is 1. The number of ether oxygens (including phenoxy) is 3. The fourth-order valence-corrected chi connectivity index (χ4v) is 6.02. The number of pyridine rings is 1. The summed E-state index contributed by atoms with van der Waals surface area (Å²) in [5.41, 5.74) is 1.87. The number of aromatic nitrogens is 1. The summed E-state index contributed by atoms with van der Waals surface area (Å²) in [5, 5.41) is 0. The molecule has 2 aromatic rings. The van der Waals surface area contributed by atoms with Gasteiger partial charge in [0.1, 0.15) is 22.9 Å². The summed E-state index contributed by atoms with van der Waals surface area (Å²) in [6.45, 7) is 6.81. The number of anilines is 1. The lowest BCUT2D eigenvalue weighted by Gasteiger charge is -2.47. The molecular weight excluding hydrogens is 449 g/mol. The second kappa shape index (κ2) is 8.75. The van der Waals surface area contributed by atoms with Gasteiger partial charge in [0.05, 0.1) is 42.8 Å². The SMILES string of the molecule is CC(C)O[C@@H]1CC2(CCN(C(=O)c3ccc(N4CC5CC4CO5)cn3)CC2)Oc2ccc(F)cc21. The zero-order valence-electron chi connectivity index (χ0n) is 20.3. The molecule has 0 radical (unpaired) electrons. The molecule has 0 aliphatic carbocycles. The zero-order valence-corrected chi connectivity index (χ0v) is 20.3. The summed E-state index contributed by atoms with van der Waals surface area (Å²) in [7, 11) is 0. The van der Waals surface area contributed by atoms with Crippen LogP contribution in [-0.2, 0) is 9.47 Å². The number of carbonyl (C=O) groups is 1. The van der Waals surface area contributed by atoms with Crippen LogP contribution in [0.4, 0.5) is 10.1 Å². The maximum atomic E-state index is 13.9. The van der Waals surface area contributed by atoms with Crippen LogP contribution >= 0.6 is 0 Å². The Hall–Kier alpha value is -2.71. The Morgan fingerprint density at radius 2 is 2.06 bits per heavy atom. The number of hydrogen-bond acceptors (Lipinski definition) is 6. The number of nitrogens with zero attached hydrogens (tertiary/aromatic N) is 3. The maximum absolute atomic E-state index is 13.9. The summed E-state index contributed by atoms with van der Waals surface area (Å²) in [6, 6.07) is 8.90. The van der Waals surface area contributed by atoms with E-state index < -0.39 is 5.60 Å². The number of piperidine rings is 1. The van der Waals surface area contributed by atoms with E-state index >= 15 is 0 Å². The van der Waals surface area contributed by atoms with Gasteiger partial charge in [0.15, 0.2) is 0 Å². The van der Waals surface area contributed by atoms with Crippen LogP contribution < -0.4 is 9.64 Å². The Morgan fingerprint density at radius 3 is 2.71 bits per heavy atom. The Morgan fingerprint density at radius 1 is 1.23 bits per heavy atom. The van der Waals surface area contributed by atoms with Gasteiger partial charge in [0, 0.05) is 44.5 Å². The normalized spacial score (nSPS) is 26.8. The summed E-state index contributed by atoms with van der Waals surface area (Å²) >= 11 is 0. The molecule has 3 atom stereocenters. The molecule has 8 heteroatoms. The Labute approximate surface area is 205 Å². The predicted molar refractivity (Wildman–Crippen MR) is 128 cm³/mol. The maximum Gasteiger partial charge on any atom is 0.272 e. The smallest absolute Gasteiger partial charge is 0.272 e. The summed E-state index contributed by atoms with van der Waals surface area (Å²) < 4.78 is 32.2. The minimum Gasteiger partial charge on any atom is -0.487 e. The van der Waals surface area contributed by atoms with Crippen LogP contribution in [-0.4, -0.2) is 65.9 Å². The molecule has 3 saturated heterocycles. The van der Waals surface area contributed by atoms with Crippen molar-refractivity contribution in [3.05, 3.63) is 53.6 Å². The first kappa shape index (κ1) is 22.7. The highest BCUT2D eigenvalue weighted by atomic mass is 19.1. The van der Waals surface area contributed by atoms with E-state index in [0.717, 1.165) is 30.8 Å². The second-order valence-electron chi connectivity index (χ2n) is 10.5. The molecule has 4 aliphatic rings. The molecule has 4 aliphatic heterocycles. The number of morpholine rings is 1. The quantitative estimate of drug-likeness (QED) is 0.655. The molecule has 1 aromatic carbocycles. The van der Waals surface area contributed by atoms with Crippen molar-refractivity contribution in [1.29, 1.82) is 0 Å². The summed E-state index contributed by atoms with van der Waals surface area (Å²) in [4.78, 5) is 21.9. The molecule has 1 amide bonds. The lowest BCUT2D eigenvalue weighted by atomic mass is 9.81. The number of likely N-dealkylation sites (tertiary alicyclic amines) is 1. The standard InChI is InChI=1S/C27H32FN3O4/c1-17(2)34-25-13-27(35-24-6-3-18(28)11-22(24)25)7-9-30(10-8-27)26(32)23-5-4-19(14-29-23)31-15-21-12-20(31)16-33-21/h3-6,11,14,17,20-21,25H,7-10,12-13,15-16H2,1-2H3/t20?,21?,25-/m1/s1. The molecule has 1 aromatic heterocycles. The number of hydrogen-bond donors (Lipinski definition) is 0. The van der Waals surface area contributed by atoms with Crippen LogP contribution in [0.3, 0.4) is 0 Å². The van der Waals surface area contributed by atoms with Gasteiger partial charge in [-0.25, -0.2) is 9.37 Å². The van der Waals surface area contributed by atoms with Gasteiger partial charge in [-0.1, -0.05) is 0 Å². The molecule has 2 unspecified atom stereocenters. The summed E-state index contributed by atoms with van der Waals surface area (Å²) in [5.74, 6) is 0.345. The minimum absolute atomic E-state index is 0.0187. The van der Waals surface area contributed by atoms with E-state index in [-0.39, 0.29) is 23.9 Å². The van der Waals surface area contributed by atoms with E-state index in [9.17, 15) is 9.18 Å². The third-order valence-electron chi connectivity index (χ3n) is 7.80. The zero-order chi connectivity index (χ0) is 24.2. The van der Waals surface area contributed by atoms with Gasteiger partial charge in [-0.15, -0.1) is 0 Å². The molecular formula is C27H32FN3O4. The first-order valence-electron chi connectivity index (χ1n) is 12.7. The second-order valence-corrected chi connectivity index (χ2v) is 10.5. The van der Waals surface area contributed by atoms with Crippen LogP contribution in [0.5, 0.6) is 5.75 Å². The van der Waals surface area contributed by atoms with E-state index in [2.05, 4.69) is 9.88 Å². The Bertz CT molecular complexity index is 1100. The highest BCUT2D eigenvalue weighted by Gasteiger charge is 2.45. The van der Waals surface area contributed by atoms with Gasteiger partial charge in [-0.3, -0.25) is 4.79 Å². The third-order valence-corrected chi connectivity index (χ3v) is 7.80. The van der Waals surface area contributed by atoms with Crippen LogP contribution in [0, 0.1) is 5.82 Å². The minimum atomic E-state index is -0.421. The topological polar surface area (TPSA) is 64.1 Å². The molecule has 5 heterocycles. The molecule has 186 valence electrons. The number of rotatable bonds is 4. The average molecular weight is 482 g/mol. The number of carbonyl (C=O) groups excluding carboxylic acids is 1. The van der Waals surface area contributed by atoms with E-state index in [1.54, 1.807) is 6.07 Å². The molecule has 1 spiro atoms. The third kappa shape index (κ3) is 4.27. The average Bonchev–Trinajstić information content (AvgIpc) is 3.49. The van der Waals surface area contributed by atoms with Crippen molar-refractivity contribution in [2.24, 2.45) is 0 Å². The van der Waals surface area contributed by atoms with Gasteiger partial charge >= 0.3 is 0 Å². The Kier molecular flexibility index (Phi) is 5.68. The van der Waals surface area contributed by atoms with Gasteiger partial charge in [0.2, 0.25) is 0 Å². The molecule has 0 saturated carbocycles. The van der Waals surface area contributed by atoms with Crippen molar-refractivity contribution in [2.45, 2.75) is 69.5 Å². The van der Waals surface area contributed by atoms with Crippen molar-refractivity contribution in [1.82, 2.24) is 9.88 Å². The van der Waals surface area contributed by atoms with E-state index in [1.807, 2.05) is 37.1 Å². The van der Waals surface area contributed by atoms with Crippen LogP contribution in [0.15, 0.2) is 36.5 Å². The monoisotopic (exact) mass is 481 g/mol. The molecule has 3 fully saturated rings. The lowest BCUT2D eigenvalue weighted by Crippen LogP contribution is -2.52. The highest BCUT2D eigenvalue weighted by Crippen LogP contribution is 2.46. The highest BCUT2D eigenvalue weighted by molar-refractivity contribution is 5.92. The molecule has 7 nitrogen and oxygen atoms in total. The van der Waals surface area contributed by atoms with Crippen LogP contribution in [0.2, 0.25) is 0 Å². The van der Waals surface area contributed by atoms with Crippen molar-refractivity contribution in [2.75, 3.05) is 31.1 Å². The van der Waals surface area contributed by atoms with Crippen molar-refractivity contribution >= 4 is 11.6 Å². The summed E-state index contributed by atoms with van der Waals surface area (Å²) in [6.07, 6.45) is 5.04. The number of amides is 1. The fourth-order valence-electron chi connectivity index (χ4n) is 6.02. The number of fused-ring (bicyclic) bond motifs is 3.